The van der Waals surface area contributed by atoms with Gasteiger partial charge >= 0.3 is 8.80 Å². The van der Waals surface area contributed by atoms with E-state index < -0.39 is 8.80 Å². The molecule has 5 heteroatoms. The molecular weight excluding hydrogens is 330 g/mol. The Morgan fingerprint density at radius 2 is 1.00 bits per heavy atom. The van der Waals surface area contributed by atoms with Crippen LogP contribution >= 0.6 is 0 Å². The molecule has 0 spiro atoms. The van der Waals surface area contributed by atoms with E-state index in [0.717, 1.165) is 13.0 Å². The number of rotatable bonds is 19. The first-order valence-corrected chi connectivity index (χ1v) is 12.6. The van der Waals surface area contributed by atoms with Crippen LogP contribution in [0.25, 0.3) is 0 Å². The molecule has 0 saturated carbocycles. The Bertz CT molecular complexity index is 263. The second-order valence-corrected chi connectivity index (χ2v) is 9.98. The van der Waals surface area contributed by atoms with Crippen LogP contribution in [-0.2, 0) is 13.3 Å². The van der Waals surface area contributed by atoms with Crippen molar-refractivity contribution in [2.45, 2.75) is 104 Å². The lowest BCUT2D eigenvalue weighted by Gasteiger charge is -2.33. The largest absolute Gasteiger partial charge is 0.503 e. The molecule has 152 valence electrons. The van der Waals surface area contributed by atoms with E-state index in [1.54, 1.807) is 0 Å². The lowest BCUT2D eigenvalue weighted by atomic mass is 10.1. The molecule has 0 saturated heterocycles. The molecule has 0 aromatic heterocycles. The van der Waals surface area contributed by atoms with Crippen molar-refractivity contribution in [1.29, 1.82) is 0 Å². The van der Waals surface area contributed by atoms with Crippen LogP contribution in [0.5, 0.6) is 0 Å². The van der Waals surface area contributed by atoms with E-state index in [1.807, 2.05) is 20.8 Å². The van der Waals surface area contributed by atoms with E-state index in [9.17, 15) is 0 Å². The number of nitrogens with two attached hydrogens (primary N) is 1. The first-order valence-electron chi connectivity index (χ1n) is 10.8. The smallest absolute Gasteiger partial charge is 0.374 e. The lowest BCUT2D eigenvalue weighted by Crippen LogP contribution is -2.49. The second-order valence-electron chi connectivity index (χ2n) is 6.92. The van der Waals surface area contributed by atoms with Crippen LogP contribution in [-0.4, -0.2) is 35.2 Å². The maximum atomic E-state index is 6.01. The average Bonchev–Trinajstić information content (AvgIpc) is 2.60. The molecule has 1 atom stereocenters. The van der Waals surface area contributed by atoms with Gasteiger partial charge in [0.25, 0.3) is 0 Å². The second kappa shape index (κ2) is 17.5. The Morgan fingerprint density at radius 3 is 1.36 bits per heavy atom. The van der Waals surface area contributed by atoms with Crippen LogP contribution in [0, 0.1) is 0 Å². The molecule has 0 rings (SSSR count). The lowest BCUT2D eigenvalue weighted by molar-refractivity contribution is 0.0612. The van der Waals surface area contributed by atoms with Crippen LogP contribution in [0.2, 0.25) is 5.54 Å². The molecular formula is C20H45NO3Si. The van der Waals surface area contributed by atoms with Crippen molar-refractivity contribution in [2.75, 3.05) is 26.4 Å². The summed E-state index contributed by atoms with van der Waals surface area (Å²) in [5.41, 5.74) is 5.90. The minimum atomic E-state index is -2.51. The molecule has 0 aliphatic carbocycles. The van der Waals surface area contributed by atoms with Gasteiger partial charge in [0.2, 0.25) is 0 Å². The van der Waals surface area contributed by atoms with Gasteiger partial charge in [-0.1, -0.05) is 64.7 Å². The molecule has 0 radical (unpaired) electrons. The summed E-state index contributed by atoms with van der Waals surface area (Å²) < 4.78 is 18.0. The highest BCUT2D eigenvalue weighted by Crippen LogP contribution is 2.30. The molecule has 4 nitrogen and oxygen atoms in total. The Kier molecular flexibility index (Phi) is 17.5. The SMILES string of the molecule is CCO[Si](OCC)(OCC)C(C)CCCCCCCCCCCCN. The Morgan fingerprint density at radius 1 is 0.640 bits per heavy atom. The van der Waals surface area contributed by atoms with E-state index in [4.69, 9.17) is 19.0 Å². The fourth-order valence-electron chi connectivity index (χ4n) is 3.34. The molecule has 0 aromatic rings. The normalized spacial score (nSPS) is 13.3. The summed E-state index contributed by atoms with van der Waals surface area (Å²) in [6.45, 7) is 11.2. The standard InChI is InChI=1S/C20H45NO3Si/c1-5-22-25(23-6-2,24-7-3)20(4)18-16-14-12-10-8-9-11-13-15-17-19-21/h20H,5-19,21H2,1-4H3. The zero-order valence-electron chi connectivity index (χ0n) is 17.5. The van der Waals surface area contributed by atoms with Crippen LogP contribution < -0.4 is 5.73 Å². The Hall–Kier alpha value is 0.0569. The van der Waals surface area contributed by atoms with Crippen molar-refractivity contribution in [3.8, 4) is 0 Å². The number of hydrogen-bond acceptors (Lipinski definition) is 4. The van der Waals surface area contributed by atoms with Gasteiger partial charge in [-0.25, -0.2) is 0 Å². The summed E-state index contributed by atoms with van der Waals surface area (Å²) in [6.07, 6.45) is 14.4. The van der Waals surface area contributed by atoms with Crippen molar-refractivity contribution in [3.05, 3.63) is 0 Å². The predicted octanol–water partition coefficient (Wildman–Crippen LogP) is 5.67. The molecule has 0 amide bonds. The first-order chi connectivity index (χ1) is 12.2. The van der Waals surface area contributed by atoms with Crippen LogP contribution in [0.15, 0.2) is 0 Å². The maximum absolute atomic E-state index is 6.01. The van der Waals surface area contributed by atoms with Gasteiger partial charge in [-0.3, -0.25) is 0 Å². The molecule has 0 heterocycles. The van der Waals surface area contributed by atoms with Gasteiger partial charge < -0.3 is 19.0 Å². The van der Waals surface area contributed by atoms with Gasteiger partial charge in [-0.05, 0) is 40.2 Å². The van der Waals surface area contributed by atoms with E-state index in [0.29, 0.717) is 25.4 Å². The van der Waals surface area contributed by atoms with Gasteiger partial charge in [-0.2, -0.15) is 0 Å². The van der Waals surface area contributed by atoms with Crippen LogP contribution in [0.1, 0.15) is 98.3 Å². The van der Waals surface area contributed by atoms with Crippen molar-refractivity contribution in [3.63, 3.8) is 0 Å². The average molecular weight is 376 g/mol. The van der Waals surface area contributed by atoms with Crippen molar-refractivity contribution >= 4 is 8.80 Å². The van der Waals surface area contributed by atoms with E-state index in [1.165, 1.54) is 64.2 Å². The highest BCUT2D eigenvalue weighted by atomic mass is 28.4. The molecule has 0 aromatic carbocycles. The minimum Gasteiger partial charge on any atom is -0.374 e. The van der Waals surface area contributed by atoms with Crippen LogP contribution in [0.3, 0.4) is 0 Å². The monoisotopic (exact) mass is 375 g/mol. The predicted molar refractivity (Wildman–Crippen MR) is 110 cm³/mol. The van der Waals surface area contributed by atoms with Crippen LogP contribution in [0.4, 0.5) is 0 Å². The van der Waals surface area contributed by atoms with Crippen molar-refractivity contribution in [2.24, 2.45) is 5.73 Å². The zero-order chi connectivity index (χ0) is 18.8. The summed E-state index contributed by atoms with van der Waals surface area (Å²) >= 11 is 0. The van der Waals surface area contributed by atoms with Gasteiger partial charge in [0.15, 0.2) is 0 Å². The highest BCUT2D eigenvalue weighted by Gasteiger charge is 2.46. The fraction of sp³-hybridized carbons (Fsp3) is 1.00. The molecule has 0 fully saturated rings. The molecule has 25 heavy (non-hydrogen) atoms. The fourth-order valence-corrected chi connectivity index (χ4v) is 6.21. The topological polar surface area (TPSA) is 53.7 Å². The van der Waals surface area contributed by atoms with Crippen molar-refractivity contribution in [1.82, 2.24) is 0 Å². The van der Waals surface area contributed by atoms with Gasteiger partial charge in [0.05, 0.1) is 0 Å². The highest BCUT2D eigenvalue weighted by molar-refractivity contribution is 6.62. The molecule has 0 aliphatic rings. The summed E-state index contributed by atoms with van der Waals surface area (Å²) in [4.78, 5) is 0. The first kappa shape index (κ1) is 25.1. The molecule has 0 aliphatic heterocycles. The molecule has 1 unspecified atom stereocenters. The number of hydrogen-bond donors (Lipinski definition) is 1. The summed E-state index contributed by atoms with van der Waals surface area (Å²) in [7, 11) is -2.51. The third-order valence-electron chi connectivity index (χ3n) is 4.73. The third kappa shape index (κ3) is 12.1. The van der Waals surface area contributed by atoms with E-state index in [-0.39, 0.29) is 0 Å². The van der Waals surface area contributed by atoms with Crippen molar-refractivity contribution < 1.29 is 13.3 Å². The Labute approximate surface area is 158 Å². The Balaban J connectivity index is 3.82. The van der Waals surface area contributed by atoms with Gasteiger partial charge in [-0.15, -0.1) is 0 Å². The van der Waals surface area contributed by atoms with E-state index >= 15 is 0 Å². The molecule has 2 N–H and O–H groups in total. The maximum Gasteiger partial charge on any atom is 0.503 e. The molecule has 0 bridgehead atoms. The minimum absolute atomic E-state index is 0.384. The number of unbranched alkanes of at least 4 members (excludes halogenated alkanes) is 9. The quantitative estimate of drug-likeness (QED) is 0.233. The van der Waals surface area contributed by atoms with Gasteiger partial charge in [0, 0.05) is 25.4 Å². The zero-order valence-corrected chi connectivity index (χ0v) is 18.5. The van der Waals surface area contributed by atoms with Gasteiger partial charge in [0.1, 0.15) is 0 Å². The third-order valence-corrected chi connectivity index (χ3v) is 8.30. The summed E-state index contributed by atoms with van der Waals surface area (Å²) in [5, 5.41) is 0. The summed E-state index contributed by atoms with van der Waals surface area (Å²) in [5.74, 6) is 0. The summed E-state index contributed by atoms with van der Waals surface area (Å²) in [6, 6.07) is 0. The van der Waals surface area contributed by atoms with E-state index in [2.05, 4.69) is 6.92 Å².